The van der Waals surface area contributed by atoms with Crippen LogP contribution in [0.4, 0.5) is 50.9 Å². The van der Waals surface area contributed by atoms with Crippen molar-refractivity contribution in [1.29, 1.82) is 0 Å². The van der Waals surface area contributed by atoms with Crippen molar-refractivity contribution < 1.29 is 39.5 Å². The van der Waals surface area contributed by atoms with E-state index in [1.807, 2.05) is 0 Å². The lowest BCUT2D eigenvalue weighted by atomic mass is 10.2. The molecule has 0 aliphatic carbocycles. The van der Waals surface area contributed by atoms with E-state index in [1.54, 1.807) is 0 Å². The average Bonchev–Trinajstić information content (AvgIpc) is 2.78. The maximum Gasteiger partial charge on any atom is 0.417 e. The molecule has 0 saturated heterocycles. The summed E-state index contributed by atoms with van der Waals surface area (Å²) in [6.07, 6.45) is -13.5. The van der Waals surface area contributed by atoms with Crippen LogP contribution in [0.1, 0.15) is 22.4 Å². The van der Waals surface area contributed by atoms with Gasteiger partial charge in [-0.3, -0.25) is 10.4 Å². The zero-order valence-electron chi connectivity index (χ0n) is 17.3. The monoisotopic (exact) mass is 539 g/mol. The van der Waals surface area contributed by atoms with Gasteiger partial charge in [0.1, 0.15) is 5.69 Å². The van der Waals surface area contributed by atoms with Gasteiger partial charge in [0.15, 0.2) is 0 Å². The second-order valence-corrected chi connectivity index (χ2v) is 7.33. The molecule has 0 aliphatic rings. The molecule has 0 aliphatic heterocycles. The number of alkyl halides is 9. The number of amidine groups is 1. The molecule has 15 heteroatoms. The first-order valence-corrected chi connectivity index (χ1v) is 9.85. The first-order valence-electron chi connectivity index (χ1n) is 9.47. The number of halogens is 10. The van der Waals surface area contributed by atoms with Crippen LogP contribution in [-0.4, -0.2) is 10.8 Å². The molecule has 1 N–H and O–H groups in total. The van der Waals surface area contributed by atoms with E-state index in [0.29, 0.717) is 12.3 Å². The summed E-state index contributed by atoms with van der Waals surface area (Å²) >= 11 is 5.91. The van der Waals surface area contributed by atoms with Crippen molar-refractivity contribution >= 4 is 28.8 Å². The summed E-state index contributed by atoms with van der Waals surface area (Å²) in [4.78, 5) is 3.59. The molecule has 5 nitrogen and oxygen atoms in total. The molecule has 0 amide bonds. The Labute approximate surface area is 201 Å². The Hall–Kier alpha value is -3.68. The molecule has 36 heavy (non-hydrogen) atoms. The van der Waals surface area contributed by atoms with Gasteiger partial charge < -0.3 is 0 Å². The van der Waals surface area contributed by atoms with Crippen LogP contribution in [0.3, 0.4) is 0 Å². The van der Waals surface area contributed by atoms with Gasteiger partial charge >= 0.3 is 18.5 Å². The number of hydrazone groups is 1. The number of azo groups is 1. The molecule has 1 heterocycles. The maximum atomic E-state index is 12.9. The van der Waals surface area contributed by atoms with Crippen molar-refractivity contribution in [2.75, 3.05) is 5.43 Å². The molecule has 0 fully saturated rings. The fraction of sp³-hybridized carbons (Fsp3) is 0.143. The highest BCUT2D eigenvalue weighted by molar-refractivity contribution is 6.33. The van der Waals surface area contributed by atoms with Crippen molar-refractivity contribution in [2.45, 2.75) is 18.5 Å². The minimum atomic E-state index is -4.76. The van der Waals surface area contributed by atoms with E-state index in [2.05, 4.69) is 25.7 Å². The van der Waals surface area contributed by atoms with Crippen LogP contribution in [0, 0.1) is 0 Å². The Morgan fingerprint density at radius 2 is 1.22 bits per heavy atom. The van der Waals surface area contributed by atoms with Gasteiger partial charge in [-0.25, -0.2) is 0 Å². The lowest BCUT2D eigenvalue weighted by molar-refractivity contribution is -0.138. The summed E-state index contributed by atoms with van der Waals surface area (Å²) in [5.41, 5.74) is -1.14. The fourth-order valence-corrected chi connectivity index (χ4v) is 2.80. The van der Waals surface area contributed by atoms with Gasteiger partial charge in [-0.15, -0.1) is 10.2 Å². The second-order valence-electron chi connectivity index (χ2n) is 6.92. The maximum absolute atomic E-state index is 12.9. The van der Waals surface area contributed by atoms with E-state index in [1.165, 1.54) is 0 Å². The quantitative estimate of drug-likeness (QED) is 0.119. The van der Waals surface area contributed by atoms with Crippen molar-refractivity contribution in [2.24, 2.45) is 15.3 Å². The highest BCUT2D eigenvalue weighted by Crippen LogP contribution is 2.33. The van der Waals surface area contributed by atoms with Crippen LogP contribution < -0.4 is 5.43 Å². The van der Waals surface area contributed by atoms with Gasteiger partial charge in [0.25, 0.3) is 0 Å². The number of anilines is 1. The lowest BCUT2D eigenvalue weighted by Gasteiger charge is -2.10. The molecule has 190 valence electrons. The third kappa shape index (κ3) is 6.93. The third-order valence-electron chi connectivity index (χ3n) is 4.34. The van der Waals surface area contributed by atoms with E-state index >= 15 is 0 Å². The molecule has 3 rings (SSSR count). The van der Waals surface area contributed by atoms with E-state index in [-0.39, 0.29) is 17.1 Å². The van der Waals surface area contributed by atoms with Gasteiger partial charge in [-0.2, -0.15) is 44.6 Å². The van der Waals surface area contributed by atoms with Crippen LogP contribution in [-0.2, 0) is 18.5 Å². The highest BCUT2D eigenvalue weighted by Gasteiger charge is 2.32. The van der Waals surface area contributed by atoms with Crippen LogP contribution in [0.15, 0.2) is 76.1 Å². The Morgan fingerprint density at radius 3 is 1.69 bits per heavy atom. The van der Waals surface area contributed by atoms with Crippen LogP contribution in [0.25, 0.3) is 0 Å². The van der Waals surface area contributed by atoms with Crippen molar-refractivity contribution in [1.82, 2.24) is 4.98 Å². The first kappa shape index (κ1) is 26.9. The van der Waals surface area contributed by atoms with Gasteiger partial charge in [0.2, 0.25) is 5.84 Å². The number of hydrogen-bond acceptors (Lipinski definition) is 4. The molecule has 0 unspecified atom stereocenters. The molecule has 0 atom stereocenters. The largest absolute Gasteiger partial charge is 0.417 e. The van der Waals surface area contributed by atoms with Gasteiger partial charge in [-0.1, -0.05) is 11.6 Å². The number of aromatic nitrogens is 1. The summed E-state index contributed by atoms with van der Waals surface area (Å²) in [6.45, 7) is 0. The van der Waals surface area contributed by atoms with Gasteiger partial charge in [0.05, 0.1) is 33.1 Å². The topological polar surface area (TPSA) is 62.0 Å². The standard InChI is InChI=1S/C21H11ClF9N5/c22-16-9-13(21(29,30)31)10-32-17(16)18(35-33-14-5-1-11(2-6-14)19(23,24)25)36-34-15-7-3-12(4-8-15)20(26,27)28/h1-10,33H. The zero-order valence-corrected chi connectivity index (χ0v) is 18.1. The minimum absolute atomic E-state index is 0.0354. The summed E-state index contributed by atoms with van der Waals surface area (Å²) in [6, 6.07) is 7.53. The molecular weight excluding hydrogens is 529 g/mol. The Bertz CT molecular complexity index is 1260. The SMILES string of the molecule is FC(F)(F)c1ccc(N=NC(=NNc2ccc(C(F)(F)F)cc2)c2ncc(C(F)(F)F)cc2Cl)cc1. The average molecular weight is 540 g/mol. The molecule has 0 bridgehead atoms. The number of hydrogen-bond donors (Lipinski definition) is 1. The zero-order chi connectivity index (χ0) is 26.7. The van der Waals surface area contributed by atoms with Crippen LogP contribution in [0.5, 0.6) is 0 Å². The van der Waals surface area contributed by atoms with E-state index < -0.39 is 46.1 Å². The minimum Gasteiger partial charge on any atom is -0.276 e. The van der Waals surface area contributed by atoms with Crippen molar-refractivity contribution in [3.8, 4) is 0 Å². The number of nitrogens with zero attached hydrogens (tertiary/aromatic N) is 4. The Balaban J connectivity index is 1.95. The van der Waals surface area contributed by atoms with Gasteiger partial charge in [0, 0.05) is 6.20 Å². The Kier molecular flexibility index (Phi) is 7.57. The summed E-state index contributed by atoms with van der Waals surface area (Å²) < 4.78 is 115. The fourth-order valence-electron chi connectivity index (χ4n) is 2.55. The number of pyridine rings is 1. The predicted molar refractivity (Wildman–Crippen MR) is 112 cm³/mol. The van der Waals surface area contributed by atoms with E-state index in [4.69, 9.17) is 11.6 Å². The third-order valence-corrected chi connectivity index (χ3v) is 4.63. The second kappa shape index (κ2) is 10.1. The highest BCUT2D eigenvalue weighted by atomic mass is 35.5. The predicted octanol–water partition coefficient (Wildman–Crippen LogP) is 8.35. The van der Waals surface area contributed by atoms with E-state index in [0.717, 1.165) is 48.5 Å². The van der Waals surface area contributed by atoms with Crippen LogP contribution >= 0.6 is 11.6 Å². The number of nitrogens with one attached hydrogen (secondary N) is 1. The molecular formula is C21H11ClF9N5. The lowest BCUT2D eigenvalue weighted by Crippen LogP contribution is -2.10. The van der Waals surface area contributed by atoms with Crippen LogP contribution in [0.2, 0.25) is 5.02 Å². The van der Waals surface area contributed by atoms with Gasteiger partial charge in [-0.05, 0) is 54.6 Å². The molecule has 2 aromatic carbocycles. The first-order chi connectivity index (χ1) is 16.6. The normalized spacial score (nSPS) is 13.3. The van der Waals surface area contributed by atoms with E-state index in [9.17, 15) is 39.5 Å². The summed E-state index contributed by atoms with van der Waals surface area (Å²) in [5, 5.41) is 10.7. The molecule has 0 radical (unpaired) electrons. The number of rotatable bonds is 4. The molecule has 3 aromatic rings. The number of benzene rings is 2. The van der Waals surface area contributed by atoms with Crippen molar-refractivity contribution in [3.05, 3.63) is 88.2 Å². The summed E-state index contributed by atoms with van der Waals surface area (Å²) in [5.74, 6) is -0.506. The molecule has 1 aromatic heterocycles. The Morgan fingerprint density at radius 1 is 0.722 bits per heavy atom. The smallest absolute Gasteiger partial charge is 0.276 e. The van der Waals surface area contributed by atoms with Crippen molar-refractivity contribution in [3.63, 3.8) is 0 Å². The summed E-state index contributed by atoms with van der Waals surface area (Å²) in [7, 11) is 0. The molecule has 0 spiro atoms. The molecule has 0 saturated carbocycles.